The summed E-state index contributed by atoms with van der Waals surface area (Å²) in [4.78, 5) is 13.4. The maximum atomic E-state index is 9.89. The Kier molecular flexibility index (Phi) is 5.30. The summed E-state index contributed by atoms with van der Waals surface area (Å²) in [7, 11) is 0. The lowest BCUT2D eigenvalue weighted by molar-refractivity contribution is 0.271. The molecule has 0 radical (unpaired) electrons. The monoisotopic (exact) mass is 219 g/mol. The molecule has 0 aliphatic rings. The third kappa shape index (κ3) is 4.76. The van der Waals surface area contributed by atoms with Gasteiger partial charge in [-0.1, -0.05) is 26.0 Å². The zero-order valence-corrected chi connectivity index (χ0v) is 9.77. The number of rotatable bonds is 6. The molecule has 1 aromatic rings. The molecule has 0 N–H and O–H groups in total. The van der Waals surface area contributed by atoms with Gasteiger partial charge in [-0.3, -0.25) is 0 Å². The van der Waals surface area contributed by atoms with E-state index in [1.54, 1.807) is 0 Å². The molecule has 86 valence electrons. The first-order valence-corrected chi connectivity index (χ1v) is 5.47. The Morgan fingerprint density at radius 3 is 2.56 bits per heavy atom. The molecule has 0 amide bonds. The van der Waals surface area contributed by atoms with Crippen LogP contribution in [0.2, 0.25) is 0 Å². The lowest BCUT2D eigenvalue weighted by Gasteiger charge is -2.08. The van der Waals surface area contributed by atoms with Crippen molar-refractivity contribution in [1.29, 1.82) is 0 Å². The second kappa shape index (κ2) is 6.81. The first-order chi connectivity index (χ1) is 7.72. The maximum Gasteiger partial charge on any atom is 0.234 e. The van der Waals surface area contributed by atoms with E-state index in [2.05, 4.69) is 18.8 Å². The van der Waals surface area contributed by atoms with E-state index in [1.165, 1.54) is 6.08 Å². The molecular formula is C13H17NO2. The van der Waals surface area contributed by atoms with Crippen molar-refractivity contribution in [1.82, 2.24) is 0 Å². The summed E-state index contributed by atoms with van der Waals surface area (Å²) in [6.45, 7) is 5.46. The molecule has 0 saturated carbocycles. The van der Waals surface area contributed by atoms with E-state index >= 15 is 0 Å². The fourth-order valence-corrected chi connectivity index (χ4v) is 1.25. The van der Waals surface area contributed by atoms with Crippen LogP contribution in [0.3, 0.4) is 0 Å². The quantitative estimate of drug-likeness (QED) is 0.545. The highest BCUT2D eigenvalue weighted by molar-refractivity contribution is 5.33. The molecule has 3 nitrogen and oxygen atoms in total. The van der Waals surface area contributed by atoms with Gasteiger partial charge in [0.15, 0.2) is 0 Å². The van der Waals surface area contributed by atoms with Gasteiger partial charge >= 0.3 is 0 Å². The summed E-state index contributed by atoms with van der Waals surface area (Å²) < 4.78 is 5.56. The minimum Gasteiger partial charge on any atom is -0.493 e. The minimum absolute atomic E-state index is 0.496. The van der Waals surface area contributed by atoms with E-state index in [-0.39, 0.29) is 0 Å². The van der Waals surface area contributed by atoms with Gasteiger partial charge in [-0.2, -0.15) is 0 Å². The van der Waals surface area contributed by atoms with Crippen molar-refractivity contribution in [2.24, 2.45) is 10.9 Å². The van der Waals surface area contributed by atoms with E-state index in [9.17, 15) is 4.79 Å². The summed E-state index contributed by atoms with van der Waals surface area (Å²) in [6.07, 6.45) is 2.30. The molecule has 16 heavy (non-hydrogen) atoms. The summed E-state index contributed by atoms with van der Waals surface area (Å²) >= 11 is 0. The van der Waals surface area contributed by atoms with Gasteiger partial charge in [-0.15, -0.1) is 0 Å². The third-order valence-corrected chi connectivity index (χ3v) is 2.08. The fourth-order valence-electron chi connectivity index (χ4n) is 1.25. The molecule has 3 heteroatoms. The molecule has 0 saturated heterocycles. The van der Waals surface area contributed by atoms with Crippen LogP contribution in [-0.4, -0.2) is 19.2 Å². The second-order valence-electron chi connectivity index (χ2n) is 4.07. The highest BCUT2D eigenvalue weighted by Crippen LogP contribution is 2.13. The first kappa shape index (κ1) is 12.5. The van der Waals surface area contributed by atoms with Crippen LogP contribution in [-0.2, 0) is 11.2 Å². The van der Waals surface area contributed by atoms with Crippen molar-refractivity contribution in [3.05, 3.63) is 29.8 Å². The van der Waals surface area contributed by atoms with Gasteiger partial charge in [0, 0.05) is 0 Å². The number of aliphatic imine (C=N–C) groups is 1. The van der Waals surface area contributed by atoms with E-state index in [1.807, 2.05) is 24.3 Å². The van der Waals surface area contributed by atoms with Crippen LogP contribution in [0.15, 0.2) is 29.3 Å². The Morgan fingerprint density at radius 2 is 2.00 bits per heavy atom. The van der Waals surface area contributed by atoms with Crippen LogP contribution in [0, 0.1) is 5.92 Å². The summed E-state index contributed by atoms with van der Waals surface area (Å²) in [5.41, 5.74) is 1.15. The van der Waals surface area contributed by atoms with Gasteiger partial charge in [0.05, 0.1) is 13.2 Å². The van der Waals surface area contributed by atoms with Gasteiger partial charge in [0.1, 0.15) is 5.75 Å². The van der Waals surface area contributed by atoms with Gasteiger partial charge in [-0.25, -0.2) is 9.79 Å². The van der Waals surface area contributed by atoms with Crippen molar-refractivity contribution in [3.63, 3.8) is 0 Å². The average molecular weight is 219 g/mol. The normalized spacial score (nSPS) is 9.94. The fraction of sp³-hybridized carbons (Fsp3) is 0.462. The molecule has 0 fully saturated rings. The van der Waals surface area contributed by atoms with Crippen LogP contribution in [0.4, 0.5) is 0 Å². The van der Waals surface area contributed by atoms with Crippen molar-refractivity contribution < 1.29 is 9.53 Å². The average Bonchev–Trinajstić information content (AvgIpc) is 2.28. The second-order valence-corrected chi connectivity index (χ2v) is 4.07. The molecule has 0 aliphatic heterocycles. The topological polar surface area (TPSA) is 38.7 Å². The number of carbonyl (C=O) groups excluding carboxylic acids is 1. The van der Waals surface area contributed by atoms with E-state index in [4.69, 9.17) is 4.74 Å². The molecule has 0 atom stereocenters. The Morgan fingerprint density at radius 1 is 1.31 bits per heavy atom. The maximum absolute atomic E-state index is 9.89. The van der Waals surface area contributed by atoms with Crippen LogP contribution in [0.25, 0.3) is 0 Å². The highest BCUT2D eigenvalue weighted by Gasteiger charge is 1.97. The predicted molar refractivity (Wildman–Crippen MR) is 63.5 cm³/mol. The van der Waals surface area contributed by atoms with E-state index < -0.39 is 0 Å². The Labute approximate surface area is 96.2 Å². The lowest BCUT2D eigenvalue weighted by Crippen LogP contribution is -2.04. The highest BCUT2D eigenvalue weighted by atomic mass is 16.5. The van der Waals surface area contributed by atoms with Crippen LogP contribution in [0.1, 0.15) is 19.4 Å². The predicted octanol–water partition coefficient (Wildman–Crippen LogP) is 2.60. The molecule has 0 aromatic heterocycles. The van der Waals surface area contributed by atoms with Gasteiger partial charge in [0.2, 0.25) is 6.08 Å². The van der Waals surface area contributed by atoms with E-state index in [0.717, 1.165) is 24.3 Å². The zero-order chi connectivity index (χ0) is 11.8. The number of hydrogen-bond donors (Lipinski definition) is 0. The molecule has 0 spiro atoms. The number of ether oxygens (including phenoxy) is 1. The van der Waals surface area contributed by atoms with Gasteiger partial charge in [-0.05, 0) is 30.0 Å². The minimum atomic E-state index is 0.496. The SMILES string of the molecule is CC(C)COc1ccc(CCN=C=O)cc1. The van der Waals surface area contributed by atoms with Crippen molar-refractivity contribution in [3.8, 4) is 5.75 Å². The Balaban J connectivity index is 2.44. The van der Waals surface area contributed by atoms with E-state index in [0.29, 0.717) is 12.5 Å². The smallest absolute Gasteiger partial charge is 0.234 e. The zero-order valence-electron chi connectivity index (χ0n) is 9.77. The standard InChI is InChI=1S/C13H17NO2/c1-11(2)9-16-13-5-3-12(4-6-13)7-8-14-10-15/h3-6,11H,7-9H2,1-2H3. The van der Waals surface area contributed by atoms with Crippen molar-refractivity contribution in [2.75, 3.05) is 13.2 Å². The number of hydrogen-bond acceptors (Lipinski definition) is 3. The number of nitrogens with zero attached hydrogens (tertiary/aromatic N) is 1. The molecule has 1 aromatic carbocycles. The first-order valence-electron chi connectivity index (χ1n) is 5.47. The van der Waals surface area contributed by atoms with Crippen LogP contribution in [0.5, 0.6) is 5.75 Å². The lowest BCUT2D eigenvalue weighted by atomic mass is 10.1. The Bertz CT molecular complexity index is 351. The van der Waals surface area contributed by atoms with Gasteiger partial charge in [0.25, 0.3) is 0 Å². The molecule has 0 unspecified atom stereocenters. The molecule has 0 heterocycles. The summed E-state index contributed by atoms with van der Waals surface area (Å²) in [6, 6.07) is 7.89. The molecule has 0 aliphatic carbocycles. The van der Waals surface area contributed by atoms with Crippen LogP contribution < -0.4 is 4.74 Å². The summed E-state index contributed by atoms with van der Waals surface area (Å²) in [5, 5.41) is 0. The molecule has 0 bridgehead atoms. The number of benzene rings is 1. The largest absolute Gasteiger partial charge is 0.493 e. The molecule has 1 rings (SSSR count). The summed E-state index contributed by atoms with van der Waals surface area (Å²) in [5.74, 6) is 1.41. The van der Waals surface area contributed by atoms with Crippen molar-refractivity contribution >= 4 is 6.08 Å². The van der Waals surface area contributed by atoms with Gasteiger partial charge < -0.3 is 4.74 Å². The number of isocyanates is 1. The van der Waals surface area contributed by atoms with Crippen molar-refractivity contribution in [2.45, 2.75) is 20.3 Å². The Hall–Kier alpha value is -1.60. The van der Waals surface area contributed by atoms with Crippen LogP contribution >= 0.6 is 0 Å². The third-order valence-electron chi connectivity index (χ3n) is 2.08. The molecular weight excluding hydrogens is 202 g/mol.